The molecule has 0 bridgehead atoms. The quantitative estimate of drug-likeness (QED) is 0.504. The maximum atomic E-state index is 11.4. The molecule has 0 saturated carbocycles. The van der Waals surface area contributed by atoms with Gasteiger partial charge in [0.25, 0.3) is 0 Å². The summed E-state index contributed by atoms with van der Waals surface area (Å²) in [5.74, 6) is 0.800. The minimum absolute atomic E-state index is 0.0173. The molecule has 1 aromatic heterocycles. The van der Waals surface area contributed by atoms with E-state index >= 15 is 0 Å². The number of Topliss-reactive ketones (excluding diaryl/α,β-unsaturated/α-hetero) is 1. The largest absolute Gasteiger partial charge is 0.493 e. The molecule has 0 amide bonds. The molecule has 0 atom stereocenters. The van der Waals surface area contributed by atoms with Crippen LogP contribution in [0.3, 0.4) is 0 Å². The van der Waals surface area contributed by atoms with Gasteiger partial charge >= 0.3 is 0 Å². The van der Waals surface area contributed by atoms with Crippen molar-refractivity contribution >= 4 is 28.5 Å². The number of hydrogen-bond acceptors (Lipinski definition) is 6. The number of nitrogens with one attached hydrogen (secondary N) is 1. The molecule has 110 valence electrons. The lowest BCUT2D eigenvalue weighted by atomic mass is 10.2. The second-order valence-electron chi connectivity index (χ2n) is 4.33. The molecule has 1 aromatic carbocycles. The smallest absolute Gasteiger partial charge is 0.204 e. The summed E-state index contributed by atoms with van der Waals surface area (Å²) in [6.45, 7) is 5.89. The molecule has 0 aliphatic carbocycles. The minimum atomic E-state index is 0.0173. The van der Waals surface area contributed by atoms with Gasteiger partial charge in [-0.05, 0) is 26.0 Å². The molecule has 5 nitrogen and oxygen atoms in total. The lowest BCUT2D eigenvalue weighted by Crippen LogP contribution is -1.97. The summed E-state index contributed by atoms with van der Waals surface area (Å²) in [5.41, 5.74) is 4.45. The highest BCUT2D eigenvalue weighted by Crippen LogP contribution is 2.23. The van der Waals surface area contributed by atoms with Crippen molar-refractivity contribution < 1.29 is 9.53 Å². The van der Waals surface area contributed by atoms with E-state index in [2.05, 4.69) is 15.5 Å². The molecule has 6 heteroatoms. The van der Waals surface area contributed by atoms with Crippen LogP contribution in [0.5, 0.6) is 5.75 Å². The van der Waals surface area contributed by atoms with Crippen LogP contribution in [0.1, 0.15) is 34.8 Å². The third kappa shape index (κ3) is 3.88. The van der Waals surface area contributed by atoms with Gasteiger partial charge in [0.15, 0.2) is 5.78 Å². The molecular weight excluding hydrogens is 286 g/mol. The first kappa shape index (κ1) is 15.2. The Morgan fingerprint density at radius 1 is 1.48 bits per heavy atom. The number of nitrogens with zero attached hydrogens (tertiary/aromatic N) is 2. The normalized spacial score (nSPS) is 10.8. The van der Waals surface area contributed by atoms with E-state index in [4.69, 9.17) is 4.74 Å². The van der Waals surface area contributed by atoms with E-state index in [1.54, 1.807) is 6.21 Å². The van der Waals surface area contributed by atoms with Crippen molar-refractivity contribution in [1.82, 2.24) is 4.98 Å². The van der Waals surface area contributed by atoms with Gasteiger partial charge in [0.05, 0.1) is 23.4 Å². The van der Waals surface area contributed by atoms with E-state index < -0.39 is 0 Å². The fourth-order valence-electron chi connectivity index (χ4n) is 1.80. The molecule has 0 radical (unpaired) electrons. The van der Waals surface area contributed by atoms with Crippen molar-refractivity contribution in [3.05, 3.63) is 40.4 Å². The summed E-state index contributed by atoms with van der Waals surface area (Å²) in [5, 5.41) is 4.75. The summed E-state index contributed by atoms with van der Waals surface area (Å²) in [6.07, 6.45) is 1.68. The number of hydrogen-bond donors (Lipinski definition) is 1. The molecule has 0 aliphatic rings. The highest BCUT2D eigenvalue weighted by Gasteiger charge is 2.10. The predicted molar refractivity (Wildman–Crippen MR) is 85.7 cm³/mol. The van der Waals surface area contributed by atoms with Gasteiger partial charge in [-0.25, -0.2) is 4.98 Å². The molecule has 21 heavy (non-hydrogen) atoms. The van der Waals surface area contributed by atoms with Crippen molar-refractivity contribution in [2.45, 2.75) is 20.8 Å². The maximum absolute atomic E-state index is 11.4. The number of anilines is 1. The number of carbonyl (C=O) groups is 1. The van der Waals surface area contributed by atoms with Gasteiger partial charge in [-0.2, -0.15) is 5.10 Å². The Labute approximate surface area is 127 Å². The molecule has 0 aliphatic heterocycles. The van der Waals surface area contributed by atoms with Gasteiger partial charge in [-0.1, -0.05) is 23.5 Å². The topological polar surface area (TPSA) is 63.6 Å². The molecule has 0 spiro atoms. The van der Waals surface area contributed by atoms with E-state index in [1.165, 1.54) is 18.3 Å². The predicted octanol–water partition coefficient (Wildman–Crippen LogP) is 3.50. The molecule has 0 unspecified atom stereocenters. The van der Waals surface area contributed by atoms with Gasteiger partial charge in [-0.3, -0.25) is 10.2 Å². The SMILES string of the molecule is CCOc1ccccc1/C=N/Nc1nc(C)c(C(C)=O)s1. The van der Waals surface area contributed by atoms with Gasteiger partial charge in [0.1, 0.15) is 5.75 Å². The lowest BCUT2D eigenvalue weighted by Gasteiger charge is -2.05. The Morgan fingerprint density at radius 3 is 2.90 bits per heavy atom. The number of benzene rings is 1. The average molecular weight is 303 g/mol. The monoisotopic (exact) mass is 303 g/mol. The summed E-state index contributed by atoms with van der Waals surface area (Å²) in [7, 11) is 0. The number of ether oxygens (including phenoxy) is 1. The van der Waals surface area contributed by atoms with Crippen molar-refractivity contribution in [3.8, 4) is 5.75 Å². The van der Waals surface area contributed by atoms with E-state index in [9.17, 15) is 4.79 Å². The zero-order valence-corrected chi connectivity index (χ0v) is 13.0. The van der Waals surface area contributed by atoms with Crippen LogP contribution in [0.2, 0.25) is 0 Å². The first-order valence-electron chi connectivity index (χ1n) is 6.61. The molecule has 0 saturated heterocycles. The Kier molecular flexibility index (Phi) is 5.05. The highest BCUT2D eigenvalue weighted by atomic mass is 32.1. The average Bonchev–Trinajstić information content (AvgIpc) is 2.82. The van der Waals surface area contributed by atoms with Gasteiger partial charge < -0.3 is 4.74 Å². The van der Waals surface area contributed by atoms with E-state index in [0.29, 0.717) is 16.6 Å². The number of para-hydroxylation sites is 1. The van der Waals surface area contributed by atoms with Crippen LogP contribution < -0.4 is 10.2 Å². The number of carbonyl (C=O) groups excluding carboxylic acids is 1. The number of aromatic nitrogens is 1. The summed E-state index contributed by atoms with van der Waals surface area (Å²) in [6, 6.07) is 7.65. The fraction of sp³-hybridized carbons (Fsp3) is 0.267. The Balaban J connectivity index is 2.09. The van der Waals surface area contributed by atoms with Gasteiger partial charge in [-0.15, -0.1) is 0 Å². The minimum Gasteiger partial charge on any atom is -0.493 e. The van der Waals surface area contributed by atoms with Crippen LogP contribution in [0.4, 0.5) is 5.13 Å². The zero-order valence-electron chi connectivity index (χ0n) is 12.2. The second kappa shape index (κ2) is 6.99. The van der Waals surface area contributed by atoms with Crippen molar-refractivity contribution in [2.24, 2.45) is 5.10 Å². The highest BCUT2D eigenvalue weighted by molar-refractivity contribution is 7.17. The molecule has 1 N–H and O–H groups in total. The number of hydrazone groups is 1. The molecule has 2 rings (SSSR count). The van der Waals surface area contributed by atoms with Crippen molar-refractivity contribution in [3.63, 3.8) is 0 Å². The van der Waals surface area contributed by atoms with Crippen molar-refractivity contribution in [2.75, 3.05) is 12.0 Å². The molecule has 1 heterocycles. The van der Waals surface area contributed by atoms with Crippen LogP contribution in [0.15, 0.2) is 29.4 Å². The van der Waals surface area contributed by atoms with E-state index in [-0.39, 0.29) is 5.78 Å². The van der Waals surface area contributed by atoms with Gasteiger partial charge in [0.2, 0.25) is 5.13 Å². The van der Waals surface area contributed by atoms with Crippen LogP contribution in [-0.4, -0.2) is 23.6 Å². The van der Waals surface area contributed by atoms with E-state index in [1.807, 2.05) is 38.1 Å². The Bertz CT molecular complexity index is 665. The second-order valence-corrected chi connectivity index (χ2v) is 5.33. The molecule has 2 aromatic rings. The van der Waals surface area contributed by atoms with Crippen LogP contribution >= 0.6 is 11.3 Å². The van der Waals surface area contributed by atoms with E-state index in [0.717, 1.165) is 17.0 Å². The summed E-state index contributed by atoms with van der Waals surface area (Å²) >= 11 is 1.30. The summed E-state index contributed by atoms with van der Waals surface area (Å²) < 4.78 is 5.52. The Morgan fingerprint density at radius 2 is 2.24 bits per heavy atom. The summed E-state index contributed by atoms with van der Waals surface area (Å²) in [4.78, 5) is 16.3. The third-order valence-corrected chi connectivity index (χ3v) is 3.86. The fourth-order valence-corrected chi connectivity index (χ4v) is 2.61. The van der Waals surface area contributed by atoms with Crippen molar-refractivity contribution in [1.29, 1.82) is 0 Å². The first-order chi connectivity index (χ1) is 10.1. The van der Waals surface area contributed by atoms with Crippen LogP contribution in [0, 0.1) is 6.92 Å². The number of aryl methyl sites for hydroxylation is 1. The first-order valence-corrected chi connectivity index (χ1v) is 7.42. The number of rotatable bonds is 6. The van der Waals surface area contributed by atoms with Crippen LogP contribution in [0.25, 0.3) is 0 Å². The number of thiazole rings is 1. The molecule has 0 fully saturated rings. The lowest BCUT2D eigenvalue weighted by molar-refractivity contribution is 0.102. The number of ketones is 1. The molecular formula is C15H17N3O2S. The van der Waals surface area contributed by atoms with Gasteiger partial charge in [0, 0.05) is 12.5 Å². The van der Waals surface area contributed by atoms with Crippen LogP contribution in [-0.2, 0) is 0 Å². The standard InChI is InChI=1S/C15H17N3O2S/c1-4-20-13-8-6-5-7-12(13)9-16-18-15-17-10(2)14(21-15)11(3)19/h5-9H,4H2,1-3H3,(H,17,18)/b16-9+. The Hall–Kier alpha value is -2.21. The maximum Gasteiger partial charge on any atom is 0.204 e. The zero-order chi connectivity index (χ0) is 15.2. The third-order valence-electron chi connectivity index (χ3n) is 2.70.